The Kier molecular flexibility index (Phi) is 6.49. The molecule has 10 heteroatoms. The van der Waals surface area contributed by atoms with E-state index in [1.807, 2.05) is 0 Å². The Morgan fingerprint density at radius 3 is 2.56 bits per heavy atom. The monoisotopic (exact) mass is 568 g/mol. The van der Waals surface area contributed by atoms with E-state index in [1.165, 1.54) is 19.1 Å². The molecule has 4 aliphatic rings. The summed E-state index contributed by atoms with van der Waals surface area (Å²) in [7, 11) is 5.39. The van der Waals surface area contributed by atoms with Gasteiger partial charge in [-0.25, -0.2) is 0 Å². The fraction of sp³-hybridized carbons (Fsp3) is 0.484. The predicted molar refractivity (Wildman–Crippen MR) is 143 cm³/mol. The first-order valence-corrected chi connectivity index (χ1v) is 13.7. The van der Waals surface area contributed by atoms with Crippen molar-refractivity contribution in [1.82, 2.24) is 9.80 Å². The molecule has 6 rings (SSSR count). The molecule has 0 aromatic heterocycles. The van der Waals surface area contributed by atoms with E-state index in [-0.39, 0.29) is 29.5 Å². The number of amides is 1. The van der Waals surface area contributed by atoms with Crippen LogP contribution in [-0.2, 0) is 27.6 Å². The van der Waals surface area contributed by atoms with Crippen LogP contribution < -0.4 is 14.2 Å². The lowest BCUT2D eigenvalue weighted by molar-refractivity contribution is -0.137. The van der Waals surface area contributed by atoms with Crippen LogP contribution in [0, 0.1) is 17.8 Å². The van der Waals surface area contributed by atoms with Crippen LogP contribution in [0.1, 0.15) is 48.4 Å². The van der Waals surface area contributed by atoms with Crippen molar-refractivity contribution in [3.8, 4) is 29.1 Å². The minimum Gasteiger partial charge on any atom is -0.493 e. The van der Waals surface area contributed by atoms with Crippen LogP contribution in [0.15, 0.2) is 30.3 Å². The van der Waals surface area contributed by atoms with Gasteiger partial charge in [-0.1, -0.05) is 5.92 Å². The van der Waals surface area contributed by atoms with Crippen LogP contribution in [0.25, 0.3) is 0 Å². The fourth-order valence-electron chi connectivity index (χ4n) is 7.65. The zero-order chi connectivity index (χ0) is 29.3. The van der Waals surface area contributed by atoms with Crippen molar-refractivity contribution in [2.45, 2.75) is 62.4 Å². The second-order valence-corrected chi connectivity index (χ2v) is 11.4. The summed E-state index contributed by atoms with van der Waals surface area (Å²) in [4.78, 5) is 29.3. The van der Waals surface area contributed by atoms with Gasteiger partial charge < -0.3 is 24.0 Å². The van der Waals surface area contributed by atoms with E-state index in [0.717, 1.165) is 49.1 Å². The lowest BCUT2D eigenvalue weighted by Gasteiger charge is -2.59. The standard InChI is InChI=1S/C31H31F3N2O5/c1-17(37)40-24-16-25(39-4)28-27-20(24)15-23-21-10-11-22(29(41-28)30(21,27)13-14-35(23)2)36(3)26(38)12-7-18-5-8-19(9-6-18)31(32,33)34/h5-6,8-9,16,21-23,29H,10-11,13-15H2,1-4H3/t21-,22+,23+,29-,30-/m0/s1. The fourth-order valence-corrected chi connectivity index (χ4v) is 7.65. The lowest BCUT2D eigenvalue weighted by atomic mass is 9.51. The number of piperidine rings is 1. The van der Waals surface area contributed by atoms with Crippen molar-refractivity contribution in [1.29, 1.82) is 0 Å². The molecule has 2 aliphatic heterocycles. The first-order valence-electron chi connectivity index (χ1n) is 13.7. The van der Waals surface area contributed by atoms with Crippen molar-refractivity contribution in [3.05, 3.63) is 52.6 Å². The smallest absolute Gasteiger partial charge is 0.416 e. The molecule has 1 amide bonds. The van der Waals surface area contributed by atoms with Crippen molar-refractivity contribution >= 4 is 11.9 Å². The summed E-state index contributed by atoms with van der Waals surface area (Å²) in [5.74, 6) is 6.42. The third-order valence-corrected chi connectivity index (χ3v) is 9.45. The zero-order valence-electron chi connectivity index (χ0n) is 23.3. The Morgan fingerprint density at radius 2 is 1.90 bits per heavy atom. The number of likely N-dealkylation sites (N-methyl/N-ethyl adjacent to an activating group) is 2. The average molecular weight is 569 g/mol. The molecule has 2 aliphatic carbocycles. The van der Waals surface area contributed by atoms with Crippen LogP contribution >= 0.6 is 0 Å². The summed E-state index contributed by atoms with van der Waals surface area (Å²) in [5.41, 5.74) is 1.17. The molecular weight excluding hydrogens is 537 g/mol. The Balaban J connectivity index is 1.35. The number of hydrogen-bond acceptors (Lipinski definition) is 6. The quantitative estimate of drug-likeness (QED) is 0.315. The van der Waals surface area contributed by atoms with E-state index in [4.69, 9.17) is 14.2 Å². The van der Waals surface area contributed by atoms with Gasteiger partial charge in [0.15, 0.2) is 11.5 Å². The lowest BCUT2D eigenvalue weighted by Crippen LogP contribution is -2.68. The Bertz CT molecular complexity index is 1480. The number of esters is 1. The maximum atomic E-state index is 13.3. The predicted octanol–water partition coefficient (Wildman–Crippen LogP) is 4.19. The van der Waals surface area contributed by atoms with E-state index in [1.54, 1.807) is 25.1 Å². The molecule has 1 saturated carbocycles. The molecule has 0 N–H and O–H groups in total. The molecule has 2 fully saturated rings. The van der Waals surface area contributed by atoms with Gasteiger partial charge in [0.1, 0.15) is 11.9 Å². The highest BCUT2D eigenvalue weighted by molar-refractivity contribution is 5.94. The summed E-state index contributed by atoms with van der Waals surface area (Å²) < 4.78 is 56.9. The molecule has 2 aromatic carbocycles. The largest absolute Gasteiger partial charge is 0.493 e. The minimum absolute atomic E-state index is 0.234. The number of alkyl halides is 3. The van der Waals surface area contributed by atoms with Crippen LogP contribution in [-0.4, -0.2) is 67.6 Å². The summed E-state index contributed by atoms with van der Waals surface area (Å²) >= 11 is 0. The number of ether oxygens (including phenoxy) is 3. The Morgan fingerprint density at radius 1 is 1.17 bits per heavy atom. The van der Waals surface area contributed by atoms with Crippen LogP contribution in [0.3, 0.4) is 0 Å². The van der Waals surface area contributed by atoms with E-state index in [0.29, 0.717) is 29.2 Å². The molecule has 7 nitrogen and oxygen atoms in total. The number of halogens is 3. The zero-order valence-corrected chi connectivity index (χ0v) is 23.3. The highest BCUT2D eigenvalue weighted by Crippen LogP contribution is 2.65. The van der Waals surface area contributed by atoms with Crippen LogP contribution in [0.5, 0.6) is 17.2 Å². The van der Waals surface area contributed by atoms with Crippen LogP contribution in [0.4, 0.5) is 13.2 Å². The molecular formula is C31H31F3N2O5. The van der Waals surface area contributed by atoms with Gasteiger partial charge in [-0.2, -0.15) is 13.2 Å². The van der Waals surface area contributed by atoms with Crippen molar-refractivity contribution in [2.24, 2.45) is 5.92 Å². The number of hydrogen-bond donors (Lipinski definition) is 0. The second-order valence-electron chi connectivity index (χ2n) is 11.4. The molecule has 216 valence electrons. The number of methoxy groups -OCH3 is 1. The molecule has 5 atom stereocenters. The molecule has 0 unspecified atom stereocenters. The third-order valence-electron chi connectivity index (χ3n) is 9.45. The molecule has 41 heavy (non-hydrogen) atoms. The molecule has 2 heterocycles. The molecule has 0 radical (unpaired) electrons. The Labute approximate surface area is 236 Å². The first-order chi connectivity index (χ1) is 19.5. The Hall–Kier alpha value is -3.71. The van der Waals surface area contributed by atoms with E-state index >= 15 is 0 Å². The third kappa shape index (κ3) is 4.24. The van der Waals surface area contributed by atoms with E-state index in [9.17, 15) is 22.8 Å². The maximum Gasteiger partial charge on any atom is 0.416 e. The van der Waals surface area contributed by atoms with Crippen molar-refractivity contribution in [3.63, 3.8) is 0 Å². The topological polar surface area (TPSA) is 68.3 Å². The van der Waals surface area contributed by atoms with Crippen molar-refractivity contribution in [2.75, 3.05) is 27.7 Å². The van der Waals surface area contributed by atoms with Crippen LogP contribution in [0.2, 0.25) is 0 Å². The van der Waals surface area contributed by atoms with E-state index in [2.05, 4.69) is 23.8 Å². The highest BCUT2D eigenvalue weighted by Gasteiger charge is 2.66. The summed E-state index contributed by atoms with van der Waals surface area (Å²) in [6.07, 6.45) is -1.65. The van der Waals surface area contributed by atoms with Gasteiger partial charge in [-0.15, -0.1) is 0 Å². The minimum atomic E-state index is -4.44. The molecule has 1 spiro atoms. The molecule has 2 bridgehead atoms. The number of benzene rings is 2. The van der Waals surface area contributed by atoms with Gasteiger partial charge in [0.2, 0.25) is 0 Å². The second kappa shape index (κ2) is 9.69. The average Bonchev–Trinajstić information content (AvgIpc) is 3.28. The number of nitrogens with zero attached hydrogens (tertiary/aromatic N) is 2. The maximum absolute atomic E-state index is 13.3. The first kappa shape index (κ1) is 27.5. The van der Waals surface area contributed by atoms with Gasteiger partial charge in [-0.05, 0) is 69.5 Å². The number of carbonyl (C=O) groups excluding carboxylic acids is 2. The van der Waals surface area contributed by atoms with E-state index < -0.39 is 23.6 Å². The number of carbonyl (C=O) groups is 2. The highest BCUT2D eigenvalue weighted by atomic mass is 19.4. The normalized spacial score (nSPS) is 27.6. The van der Waals surface area contributed by atoms with Gasteiger partial charge in [0, 0.05) is 54.1 Å². The SMILES string of the molecule is COc1cc(OC(C)=O)c2c3c1O[C@H]1[C@H](N(C)C(=O)C#Cc4ccc(C(F)(F)F)cc4)CC[C@H]4[C@@H](C2)N(C)CC[C@@]341. The molecule has 1 saturated heterocycles. The van der Waals surface area contributed by atoms with Gasteiger partial charge in [0.25, 0.3) is 5.91 Å². The number of likely N-dealkylation sites (tertiary alicyclic amines) is 1. The summed E-state index contributed by atoms with van der Waals surface area (Å²) in [6, 6.07) is 6.10. The van der Waals surface area contributed by atoms with Gasteiger partial charge in [-0.3, -0.25) is 9.59 Å². The number of rotatable bonds is 3. The van der Waals surface area contributed by atoms with Crippen molar-refractivity contribution < 1.29 is 37.0 Å². The van der Waals surface area contributed by atoms with Gasteiger partial charge >= 0.3 is 12.1 Å². The summed E-state index contributed by atoms with van der Waals surface area (Å²) in [6.45, 7) is 2.24. The molecule has 2 aromatic rings. The summed E-state index contributed by atoms with van der Waals surface area (Å²) in [5, 5.41) is 0. The van der Waals surface area contributed by atoms with Gasteiger partial charge in [0.05, 0.1) is 18.7 Å².